The Bertz CT molecular complexity index is 379. The van der Waals surface area contributed by atoms with Gasteiger partial charge < -0.3 is 10.8 Å². The zero-order valence-electron chi connectivity index (χ0n) is 10.00. The highest BCUT2D eigenvalue weighted by atomic mass is 16.3. The summed E-state index contributed by atoms with van der Waals surface area (Å²) in [6, 6.07) is 11.5. The number of nitrogens with zero attached hydrogens (tertiary/aromatic N) is 1. The fourth-order valence-electron chi connectivity index (χ4n) is 3.38. The Morgan fingerprint density at radius 2 is 1.94 bits per heavy atom. The summed E-state index contributed by atoms with van der Waals surface area (Å²) in [6.07, 6.45) is 2.67. The largest absolute Gasteiger partial charge is 0.391 e. The molecule has 17 heavy (non-hydrogen) atoms. The van der Waals surface area contributed by atoms with Crippen molar-refractivity contribution in [2.75, 3.05) is 0 Å². The van der Waals surface area contributed by atoms with Gasteiger partial charge in [-0.15, -0.1) is 0 Å². The number of aliphatic hydroxyl groups is 1. The van der Waals surface area contributed by atoms with Crippen LogP contribution in [0, 0.1) is 0 Å². The van der Waals surface area contributed by atoms with Crippen molar-refractivity contribution in [3.8, 4) is 0 Å². The minimum Gasteiger partial charge on any atom is -0.391 e. The van der Waals surface area contributed by atoms with Crippen molar-refractivity contribution in [2.24, 2.45) is 5.73 Å². The second-order valence-corrected chi connectivity index (χ2v) is 5.41. The molecule has 0 aliphatic carbocycles. The predicted molar refractivity (Wildman–Crippen MR) is 67.4 cm³/mol. The minimum atomic E-state index is -0.183. The van der Waals surface area contributed by atoms with Gasteiger partial charge in [0.15, 0.2) is 0 Å². The molecule has 4 atom stereocenters. The molecule has 0 amide bonds. The first-order valence-corrected chi connectivity index (χ1v) is 6.47. The fourth-order valence-corrected chi connectivity index (χ4v) is 3.38. The van der Waals surface area contributed by atoms with Crippen LogP contribution in [-0.4, -0.2) is 34.2 Å². The van der Waals surface area contributed by atoms with Crippen LogP contribution in [0.3, 0.4) is 0 Å². The Morgan fingerprint density at radius 1 is 1.18 bits per heavy atom. The Balaban J connectivity index is 1.76. The summed E-state index contributed by atoms with van der Waals surface area (Å²) in [4.78, 5) is 2.45. The van der Waals surface area contributed by atoms with Gasteiger partial charge in [0, 0.05) is 24.7 Å². The SMILES string of the molecule is NC1CC2CC(O)C(C1)N2Cc1ccccc1. The van der Waals surface area contributed by atoms with E-state index in [-0.39, 0.29) is 18.2 Å². The third-order valence-corrected chi connectivity index (χ3v) is 4.18. The van der Waals surface area contributed by atoms with Gasteiger partial charge in [-0.1, -0.05) is 30.3 Å². The zero-order valence-corrected chi connectivity index (χ0v) is 10.00. The van der Waals surface area contributed by atoms with E-state index < -0.39 is 0 Å². The molecule has 1 aromatic rings. The van der Waals surface area contributed by atoms with Crippen molar-refractivity contribution >= 4 is 0 Å². The van der Waals surface area contributed by atoms with Crippen LogP contribution in [0.4, 0.5) is 0 Å². The van der Waals surface area contributed by atoms with Gasteiger partial charge in [0.2, 0.25) is 0 Å². The molecule has 0 spiro atoms. The maximum Gasteiger partial charge on any atom is 0.0711 e. The Morgan fingerprint density at radius 3 is 2.65 bits per heavy atom. The molecule has 3 heteroatoms. The highest BCUT2D eigenvalue weighted by Gasteiger charge is 2.44. The molecule has 3 rings (SSSR count). The molecule has 4 unspecified atom stereocenters. The van der Waals surface area contributed by atoms with Gasteiger partial charge in [-0.25, -0.2) is 0 Å². The molecule has 1 aromatic carbocycles. The molecule has 92 valence electrons. The first-order valence-electron chi connectivity index (χ1n) is 6.47. The summed E-state index contributed by atoms with van der Waals surface area (Å²) in [5.41, 5.74) is 7.36. The lowest BCUT2D eigenvalue weighted by atomic mass is 9.97. The number of nitrogens with two attached hydrogens (primary N) is 1. The number of aliphatic hydroxyl groups excluding tert-OH is 1. The van der Waals surface area contributed by atoms with Crippen LogP contribution >= 0.6 is 0 Å². The van der Waals surface area contributed by atoms with E-state index in [1.807, 2.05) is 6.07 Å². The van der Waals surface area contributed by atoms with E-state index >= 15 is 0 Å². The molecule has 2 aliphatic rings. The predicted octanol–water partition coefficient (Wildman–Crippen LogP) is 1.11. The molecule has 2 heterocycles. The van der Waals surface area contributed by atoms with Crippen molar-refractivity contribution in [1.82, 2.24) is 4.90 Å². The summed E-state index contributed by atoms with van der Waals surface area (Å²) in [5, 5.41) is 10.1. The van der Waals surface area contributed by atoms with Crippen LogP contribution in [0.2, 0.25) is 0 Å². The second kappa shape index (κ2) is 4.41. The number of benzene rings is 1. The van der Waals surface area contributed by atoms with Gasteiger partial charge in [0.05, 0.1) is 6.10 Å². The highest BCUT2D eigenvalue weighted by molar-refractivity contribution is 5.16. The maximum atomic E-state index is 10.1. The summed E-state index contributed by atoms with van der Waals surface area (Å²) < 4.78 is 0. The number of hydrogen-bond acceptors (Lipinski definition) is 3. The molecule has 2 aliphatic heterocycles. The average molecular weight is 232 g/mol. The van der Waals surface area contributed by atoms with Gasteiger partial charge in [-0.05, 0) is 24.8 Å². The van der Waals surface area contributed by atoms with E-state index in [2.05, 4.69) is 29.2 Å². The van der Waals surface area contributed by atoms with E-state index in [4.69, 9.17) is 5.73 Å². The topological polar surface area (TPSA) is 49.5 Å². The molecule has 2 fully saturated rings. The van der Waals surface area contributed by atoms with Gasteiger partial charge in [-0.2, -0.15) is 0 Å². The zero-order chi connectivity index (χ0) is 11.8. The van der Waals surface area contributed by atoms with Gasteiger partial charge >= 0.3 is 0 Å². The number of piperidine rings is 1. The van der Waals surface area contributed by atoms with E-state index in [9.17, 15) is 5.11 Å². The van der Waals surface area contributed by atoms with Crippen LogP contribution in [0.5, 0.6) is 0 Å². The van der Waals surface area contributed by atoms with Gasteiger partial charge in [0.25, 0.3) is 0 Å². The Labute approximate surface area is 102 Å². The van der Waals surface area contributed by atoms with Crippen LogP contribution in [0.1, 0.15) is 24.8 Å². The first kappa shape index (κ1) is 11.2. The lowest BCUT2D eigenvalue weighted by molar-refractivity contribution is 0.0709. The monoisotopic (exact) mass is 232 g/mol. The highest BCUT2D eigenvalue weighted by Crippen LogP contribution is 2.36. The third-order valence-electron chi connectivity index (χ3n) is 4.18. The first-order chi connectivity index (χ1) is 8.24. The van der Waals surface area contributed by atoms with Crippen molar-refractivity contribution in [3.63, 3.8) is 0 Å². The van der Waals surface area contributed by atoms with Gasteiger partial charge in [-0.3, -0.25) is 4.90 Å². The Hall–Kier alpha value is -0.900. The van der Waals surface area contributed by atoms with Crippen molar-refractivity contribution in [1.29, 1.82) is 0 Å². The maximum absolute atomic E-state index is 10.1. The van der Waals surface area contributed by atoms with Crippen molar-refractivity contribution in [3.05, 3.63) is 35.9 Å². The molecular formula is C14H20N2O. The molecule has 3 nitrogen and oxygen atoms in total. The molecule has 0 aromatic heterocycles. The molecule has 2 saturated heterocycles. The summed E-state index contributed by atoms with van der Waals surface area (Å²) >= 11 is 0. The van der Waals surface area contributed by atoms with Crippen LogP contribution in [-0.2, 0) is 6.54 Å². The van der Waals surface area contributed by atoms with Crippen LogP contribution < -0.4 is 5.73 Å². The lowest BCUT2D eigenvalue weighted by Gasteiger charge is -2.37. The number of hydrogen-bond donors (Lipinski definition) is 2. The summed E-state index contributed by atoms with van der Waals surface area (Å²) in [7, 11) is 0. The van der Waals surface area contributed by atoms with E-state index in [1.165, 1.54) is 5.56 Å². The van der Waals surface area contributed by atoms with Gasteiger partial charge in [0.1, 0.15) is 0 Å². The molecule has 3 N–H and O–H groups in total. The standard InChI is InChI=1S/C14H20N2O/c15-11-6-12-8-14(17)13(7-11)16(12)9-10-4-2-1-3-5-10/h1-5,11-14,17H,6-9,15H2. The fraction of sp³-hybridized carbons (Fsp3) is 0.571. The van der Waals surface area contributed by atoms with Crippen molar-refractivity contribution < 1.29 is 5.11 Å². The minimum absolute atomic E-state index is 0.183. The number of rotatable bonds is 2. The number of fused-ring (bicyclic) bond motifs is 2. The van der Waals surface area contributed by atoms with Crippen LogP contribution in [0.25, 0.3) is 0 Å². The smallest absolute Gasteiger partial charge is 0.0711 e. The van der Waals surface area contributed by atoms with E-state index in [0.717, 1.165) is 25.8 Å². The molecule has 0 radical (unpaired) electrons. The Kier molecular flexibility index (Phi) is 2.90. The average Bonchev–Trinajstić information content (AvgIpc) is 2.51. The van der Waals surface area contributed by atoms with E-state index in [0.29, 0.717) is 6.04 Å². The normalized spacial score (nSPS) is 37.3. The van der Waals surface area contributed by atoms with Crippen LogP contribution in [0.15, 0.2) is 30.3 Å². The summed E-state index contributed by atoms with van der Waals surface area (Å²) in [6.45, 7) is 0.944. The molecule has 0 saturated carbocycles. The second-order valence-electron chi connectivity index (χ2n) is 5.41. The van der Waals surface area contributed by atoms with Crippen molar-refractivity contribution in [2.45, 2.75) is 50.0 Å². The molecule has 2 bridgehead atoms. The lowest BCUT2D eigenvalue weighted by Crippen LogP contribution is -2.48. The summed E-state index contributed by atoms with van der Waals surface area (Å²) in [5.74, 6) is 0. The quantitative estimate of drug-likeness (QED) is 0.803. The molecular weight excluding hydrogens is 212 g/mol. The third kappa shape index (κ3) is 2.10. The van der Waals surface area contributed by atoms with E-state index in [1.54, 1.807) is 0 Å².